The zero-order valence-corrected chi connectivity index (χ0v) is 23.8. The van der Waals surface area contributed by atoms with Crippen molar-refractivity contribution < 1.29 is 33.0 Å². The molecule has 0 aliphatic carbocycles. The Morgan fingerprint density at radius 1 is 1.03 bits per heavy atom. The highest BCUT2D eigenvalue weighted by Gasteiger charge is 2.26. The molecule has 0 unspecified atom stereocenters. The van der Waals surface area contributed by atoms with E-state index in [1.165, 1.54) is 11.3 Å². The Balaban J connectivity index is 1.75. The molecule has 0 saturated heterocycles. The molecule has 0 spiro atoms. The fraction of sp³-hybridized carbons (Fsp3) is 0.407. The number of amides is 1. The van der Waals surface area contributed by atoms with Gasteiger partial charge in [-0.05, 0) is 45.4 Å². The van der Waals surface area contributed by atoms with Gasteiger partial charge in [-0.15, -0.1) is 11.3 Å². The Hall–Kier alpha value is -2.75. The number of carbonyl (C=O) groups excluding carboxylic acids is 1. The average molecular weight is 563 g/mol. The fourth-order valence-electron chi connectivity index (χ4n) is 3.66. The molecule has 206 valence electrons. The summed E-state index contributed by atoms with van der Waals surface area (Å²) in [6, 6.07) is 14.9. The van der Waals surface area contributed by atoms with Gasteiger partial charge in [0, 0.05) is 23.4 Å². The predicted octanol–water partition coefficient (Wildman–Crippen LogP) is 5.93. The van der Waals surface area contributed by atoms with E-state index in [1.54, 1.807) is 44.4 Å². The summed E-state index contributed by atoms with van der Waals surface area (Å²) in [7, 11) is -3.31. The van der Waals surface area contributed by atoms with E-state index < -0.39 is 19.6 Å². The van der Waals surface area contributed by atoms with Crippen LogP contribution in [0, 0.1) is 0 Å². The number of carbonyl (C=O) groups is 1. The zero-order valence-electron chi connectivity index (χ0n) is 22.1. The molecule has 38 heavy (non-hydrogen) atoms. The third-order valence-corrected chi connectivity index (χ3v) is 8.04. The number of hydrogen-bond acceptors (Lipinski definition) is 9. The molecule has 2 aromatic carbocycles. The molecular weight excluding hydrogens is 527 g/mol. The highest BCUT2D eigenvalue weighted by atomic mass is 32.1. The minimum atomic E-state index is -3.31. The number of ether oxygens (including phenoxy) is 2. The van der Waals surface area contributed by atoms with Crippen molar-refractivity contribution in [3.63, 3.8) is 0 Å². The van der Waals surface area contributed by atoms with E-state index in [9.17, 15) is 14.5 Å². The van der Waals surface area contributed by atoms with Gasteiger partial charge in [-0.25, -0.2) is 4.98 Å². The SMILES string of the molecule is CCOP(=O)(Cc1csc(NC(=O)c2cc(O[C@@H](C)CO)cc(O[C@@H](C)Cc3ccccc3)c2)n1)OCC. The lowest BCUT2D eigenvalue weighted by Crippen LogP contribution is -2.19. The number of aliphatic hydroxyl groups is 1. The quantitative estimate of drug-likeness (QED) is 0.219. The van der Waals surface area contributed by atoms with Gasteiger partial charge in [-0.3, -0.25) is 14.7 Å². The van der Waals surface area contributed by atoms with Gasteiger partial charge in [0.05, 0.1) is 37.8 Å². The molecule has 2 atom stereocenters. The molecule has 11 heteroatoms. The summed E-state index contributed by atoms with van der Waals surface area (Å²) in [6.45, 7) is 7.52. The topological polar surface area (TPSA) is 116 Å². The third kappa shape index (κ3) is 9.22. The smallest absolute Gasteiger partial charge is 0.336 e. The summed E-state index contributed by atoms with van der Waals surface area (Å²) in [5.41, 5.74) is 1.95. The maximum atomic E-state index is 13.1. The molecule has 0 saturated carbocycles. The van der Waals surface area contributed by atoms with E-state index in [4.69, 9.17) is 18.5 Å². The van der Waals surface area contributed by atoms with Crippen LogP contribution in [0.2, 0.25) is 0 Å². The molecule has 0 aliphatic heterocycles. The maximum absolute atomic E-state index is 13.1. The van der Waals surface area contributed by atoms with E-state index >= 15 is 0 Å². The molecule has 9 nitrogen and oxygen atoms in total. The second-order valence-electron chi connectivity index (χ2n) is 8.63. The van der Waals surface area contributed by atoms with Gasteiger partial charge in [-0.1, -0.05) is 30.3 Å². The molecule has 1 amide bonds. The standard InChI is InChI=1S/C27H35N2O7PS/c1-5-33-37(32,34-6-2)17-23-18-38-27(28-23)29-26(31)22-13-24(15-25(14-22)36-20(4)16-30)35-19(3)12-21-10-8-7-9-11-21/h7-11,13-15,18-20,30H,5-6,12,16-17H2,1-4H3,(H,28,29,31)/t19-,20-/m0/s1. The van der Waals surface area contributed by atoms with Crippen molar-refractivity contribution in [3.8, 4) is 11.5 Å². The molecule has 0 aliphatic rings. The largest absolute Gasteiger partial charge is 0.490 e. The van der Waals surface area contributed by atoms with Crippen LogP contribution in [0.3, 0.4) is 0 Å². The number of nitrogens with one attached hydrogen (secondary N) is 1. The highest BCUT2D eigenvalue weighted by Crippen LogP contribution is 2.51. The molecule has 1 aromatic heterocycles. The van der Waals surface area contributed by atoms with Crippen molar-refractivity contribution in [2.45, 2.75) is 52.5 Å². The highest BCUT2D eigenvalue weighted by molar-refractivity contribution is 7.53. The number of rotatable bonds is 15. The first-order valence-electron chi connectivity index (χ1n) is 12.5. The van der Waals surface area contributed by atoms with Crippen molar-refractivity contribution in [1.29, 1.82) is 0 Å². The maximum Gasteiger partial charge on any atom is 0.336 e. The number of nitrogens with zero attached hydrogens (tertiary/aromatic N) is 1. The summed E-state index contributed by atoms with van der Waals surface area (Å²) in [5.74, 6) is 0.456. The van der Waals surface area contributed by atoms with Crippen molar-refractivity contribution in [1.82, 2.24) is 4.98 Å². The number of aliphatic hydroxyl groups excluding tert-OH is 1. The first-order chi connectivity index (χ1) is 18.2. The second-order valence-corrected chi connectivity index (χ2v) is 11.5. The minimum Gasteiger partial charge on any atom is -0.490 e. The van der Waals surface area contributed by atoms with Gasteiger partial charge in [0.1, 0.15) is 17.6 Å². The lowest BCUT2D eigenvalue weighted by molar-refractivity contribution is 0.102. The van der Waals surface area contributed by atoms with Crippen molar-refractivity contribution in [2.24, 2.45) is 0 Å². The lowest BCUT2D eigenvalue weighted by atomic mass is 10.1. The van der Waals surface area contributed by atoms with Crippen LogP contribution in [0.4, 0.5) is 5.13 Å². The summed E-state index contributed by atoms with van der Waals surface area (Å²) < 4.78 is 35.4. The van der Waals surface area contributed by atoms with Crippen molar-refractivity contribution in [2.75, 3.05) is 25.1 Å². The number of aromatic nitrogens is 1. The van der Waals surface area contributed by atoms with Gasteiger partial charge < -0.3 is 23.6 Å². The van der Waals surface area contributed by atoms with Crippen LogP contribution in [0.15, 0.2) is 53.9 Å². The van der Waals surface area contributed by atoms with Crippen molar-refractivity contribution in [3.05, 3.63) is 70.7 Å². The predicted molar refractivity (Wildman–Crippen MR) is 148 cm³/mol. The number of benzene rings is 2. The average Bonchev–Trinajstić information content (AvgIpc) is 3.30. The molecular formula is C27H35N2O7PS. The first kappa shape index (κ1) is 29.8. The van der Waals surface area contributed by atoms with Crippen molar-refractivity contribution >= 4 is 30.0 Å². The molecule has 3 aromatic rings. The number of hydrogen-bond donors (Lipinski definition) is 2. The first-order valence-corrected chi connectivity index (χ1v) is 15.1. The molecule has 3 rings (SSSR count). The van der Waals surface area contributed by atoms with E-state index in [0.717, 1.165) is 5.56 Å². The van der Waals surface area contributed by atoms with Crippen LogP contribution in [-0.2, 0) is 26.2 Å². The Kier molecular flexibility index (Phi) is 11.3. The molecule has 0 bridgehead atoms. The summed E-state index contributed by atoms with van der Waals surface area (Å²) in [5, 5.41) is 14.3. The van der Waals surface area contributed by atoms with Gasteiger partial charge in [0.2, 0.25) is 0 Å². The molecule has 0 radical (unpaired) electrons. The number of thiazole rings is 1. The van der Waals surface area contributed by atoms with Crippen LogP contribution in [0.25, 0.3) is 0 Å². The normalized spacial score (nSPS) is 13.1. The molecule has 1 heterocycles. The minimum absolute atomic E-state index is 0.0146. The molecule has 0 fully saturated rings. The van der Waals surface area contributed by atoms with Crippen LogP contribution >= 0.6 is 18.9 Å². The van der Waals surface area contributed by atoms with Crippen LogP contribution in [-0.4, -0.2) is 48.0 Å². The lowest BCUT2D eigenvalue weighted by Gasteiger charge is -2.18. The summed E-state index contributed by atoms with van der Waals surface area (Å²) in [6.07, 6.45) is 0.0821. The third-order valence-electron chi connectivity index (χ3n) is 5.22. The Labute approximate surface area is 227 Å². The second kappa shape index (κ2) is 14.4. The summed E-state index contributed by atoms with van der Waals surface area (Å²) in [4.78, 5) is 17.5. The zero-order chi connectivity index (χ0) is 27.5. The van der Waals surface area contributed by atoms with E-state index in [0.29, 0.717) is 34.3 Å². The Morgan fingerprint density at radius 2 is 1.66 bits per heavy atom. The number of anilines is 1. The van der Waals surface area contributed by atoms with Gasteiger partial charge in [-0.2, -0.15) is 0 Å². The Morgan fingerprint density at radius 3 is 2.26 bits per heavy atom. The van der Waals surface area contributed by atoms with Crippen LogP contribution < -0.4 is 14.8 Å². The molecule has 2 N–H and O–H groups in total. The van der Waals surface area contributed by atoms with E-state index in [1.807, 2.05) is 37.3 Å². The van der Waals surface area contributed by atoms with Gasteiger partial charge in [0.25, 0.3) is 5.91 Å². The summed E-state index contributed by atoms with van der Waals surface area (Å²) >= 11 is 1.21. The monoisotopic (exact) mass is 562 g/mol. The van der Waals surface area contributed by atoms with Gasteiger partial charge in [0.15, 0.2) is 5.13 Å². The van der Waals surface area contributed by atoms with E-state index in [-0.39, 0.29) is 32.1 Å². The fourth-order valence-corrected chi connectivity index (χ4v) is 6.09. The Bertz CT molecular complexity index is 1210. The van der Waals surface area contributed by atoms with Crippen LogP contribution in [0.1, 0.15) is 49.3 Å². The van der Waals surface area contributed by atoms with E-state index in [2.05, 4.69) is 10.3 Å². The van der Waals surface area contributed by atoms with Gasteiger partial charge >= 0.3 is 7.60 Å². The van der Waals surface area contributed by atoms with Crippen LogP contribution in [0.5, 0.6) is 11.5 Å².